The van der Waals surface area contributed by atoms with Gasteiger partial charge in [-0.15, -0.1) is 0 Å². The molecule has 0 amide bonds. The Labute approximate surface area is 286 Å². The molecule has 7 heteroatoms. The standard InChI is InChI=1S/C43H25N3O3S/c44-26-27-14-18-30(19-15-27)50(47,48)31-20-16-29(17-21-31)46-37-24-25-39-41(34-11-5-7-13-38(34)49-39)40(37)35-23-22-33-32-10-4-6-12-36(32)45(42(33)43(35)46)28-8-2-1-3-9-28/h1-25H. The first kappa shape index (κ1) is 28.4. The third-order valence-electron chi connectivity index (χ3n) is 9.78. The first-order valence-corrected chi connectivity index (χ1v) is 17.7. The maximum atomic E-state index is 13.7. The predicted octanol–water partition coefficient (Wildman–Crippen LogP) is 10.5. The summed E-state index contributed by atoms with van der Waals surface area (Å²) in [6, 6.07) is 50.7. The van der Waals surface area contributed by atoms with Crippen LogP contribution in [0, 0.1) is 11.3 Å². The third-order valence-corrected chi connectivity index (χ3v) is 11.6. The number of sulfone groups is 1. The molecule has 0 fully saturated rings. The summed E-state index contributed by atoms with van der Waals surface area (Å²) < 4.78 is 38.3. The lowest BCUT2D eigenvalue weighted by atomic mass is 10.0. The van der Waals surface area contributed by atoms with Crippen molar-refractivity contribution < 1.29 is 12.8 Å². The molecule has 0 aliphatic carbocycles. The van der Waals surface area contributed by atoms with E-state index in [0.717, 1.165) is 76.9 Å². The van der Waals surface area contributed by atoms with Crippen LogP contribution in [-0.2, 0) is 9.84 Å². The molecule has 0 atom stereocenters. The van der Waals surface area contributed by atoms with Gasteiger partial charge in [-0.05, 0) is 84.9 Å². The van der Waals surface area contributed by atoms with Crippen LogP contribution < -0.4 is 0 Å². The number of nitrogens with zero attached hydrogens (tertiary/aromatic N) is 3. The number of aromatic nitrogens is 2. The molecule has 0 N–H and O–H groups in total. The van der Waals surface area contributed by atoms with Gasteiger partial charge in [-0.3, -0.25) is 0 Å². The lowest BCUT2D eigenvalue weighted by Gasteiger charge is -2.13. The molecule has 3 aromatic heterocycles. The highest BCUT2D eigenvalue weighted by molar-refractivity contribution is 7.91. The van der Waals surface area contributed by atoms with Crippen molar-refractivity contribution in [3.05, 3.63) is 157 Å². The minimum atomic E-state index is -3.81. The summed E-state index contributed by atoms with van der Waals surface area (Å²) in [4.78, 5) is 0.322. The zero-order chi connectivity index (χ0) is 33.6. The summed E-state index contributed by atoms with van der Waals surface area (Å²) in [6.07, 6.45) is 0. The Bertz CT molecular complexity index is 3150. The van der Waals surface area contributed by atoms with Gasteiger partial charge in [0.1, 0.15) is 11.2 Å². The molecule has 10 aromatic rings. The van der Waals surface area contributed by atoms with Crippen molar-refractivity contribution >= 4 is 75.4 Å². The summed E-state index contributed by atoms with van der Waals surface area (Å²) in [7, 11) is -3.81. The number of benzene rings is 7. The largest absolute Gasteiger partial charge is 0.456 e. The van der Waals surface area contributed by atoms with Gasteiger partial charge in [0.25, 0.3) is 0 Å². The van der Waals surface area contributed by atoms with Crippen molar-refractivity contribution in [1.29, 1.82) is 5.26 Å². The quantitative estimate of drug-likeness (QED) is 0.188. The molecular weight excluding hydrogens is 639 g/mol. The number of furan rings is 1. The van der Waals surface area contributed by atoms with Crippen LogP contribution in [0.15, 0.2) is 166 Å². The predicted molar refractivity (Wildman–Crippen MR) is 199 cm³/mol. The van der Waals surface area contributed by atoms with Crippen molar-refractivity contribution in [3.63, 3.8) is 0 Å². The van der Waals surface area contributed by atoms with E-state index in [4.69, 9.17) is 4.42 Å². The SMILES string of the molecule is N#Cc1ccc(S(=O)(=O)c2ccc(-n3c4ccc5oc6ccccc6c5c4c4ccc5c6ccccc6n(-c6ccccc6)c5c43)cc2)cc1. The van der Waals surface area contributed by atoms with Crippen LogP contribution in [0.3, 0.4) is 0 Å². The van der Waals surface area contributed by atoms with E-state index < -0.39 is 9.84 Å². The van der Waals surface area contributed by atoms with Crippen molar-refractivity contribution in [3.8, 4) is 17.4 Å². The van der Waals surface area contributed by atoms with E-state index in [1.165, 1.54) is 24.3 Å². The van der Waals surface area contributed by atoms with Crippen LogP contribution in [0.25, 0.3) is 76.9 Å². The summed E-state index contributed by atoms with van der Waals surface area (Å²) in [6.45, 7) is 0. The molecule has 236 valence electrons. The van der Waals surface area contributed by atoms with Gasteiger partial charge in [0.2, 0.25) is 9.84 Å². The van der Waals surface area contributed by atoms with Gasteiger partial charge < -0.3 is 13.6 Å². The van der Waals surface area contributed by atoms with Gasteiger partial charge in [-0.25, -0.2) is 8.42 Å². The highest BCUT2D eigenvalue weighted by Crippen LogP contribution is 2.45. The number of hydrogen-bond donors (Lipinski definition) is 0. The van der Waals surface area contributed by atoms with Crippen LogP contribution in [0.4, 0.5) is 0 Å². The van der Waals surface area contributed by atoms with Crippen LogP contribution >= 0.6 is 0 Å². The first-order valence-electron chi connectivity index (χ1n) is 16.2. The zero-order valence-corrected chi connectivity index (χ0v) is 27.2. The van der Waals surface area contributed by atoms with Crippen molar-refractivity contribution in [2.45, 2.75) is 9.79 Å². The molecule has 0 radical (unpaired) electrons. The molecule has 3 heterocycles. The van der Waals surface area contributed by atoms with Gasteiger partial charge in [-0.2, -0.15) is 5.26 Å². The molecule has 7 aromatic carbocycles. The Morgan fingerprint density at radius 2 is 1.08 bits per heavy atom. The number of hydrogen-bond acceptors (Lipinski definition) is 4. The first-order chi connectivity index (χ1) is 24.5. The zero-order valence-electron chi connectivity index (χ0n) is 26.4. The molecule has 0 saturated heterocycles. The number of rotatable bonds is 4. The van der Waals surface area contributed by atoms with Crippen LogP contribution in [-0.4, -0.2) is 17.6 Å². The number of para-hydroxylation sites is 3. The molecule has 10 rings (SSSR count). The van der Waals surface area contributed by atoms with E-state index in [0.29, 0.717) is 5.56 Å². The highest BCUT2D eigenvalue weighted by Gasteiger charge is 2.24. The summed E-state index contributed by atoms with van der Waals surface area (Å²) in [5.41, 5.74) is 8.07. The topological polar surface area (TPSA) is 80.9 Å². The Balaban J connectivity index is 1.34. The van der Waals surface area contributed by atoms with E-state index in [1.54, 1.807) is 12.1 Å². The fraction of sp³-hybridized carbons (Fsp3) is 0. The average Bonchev–Trinajstić information content (AvgIpc) is 3.83. The summed E-state index contributed by atoms with van der Waals surface area (Å²) in [5.74, 6) is 0. The van der Waals surface area contributed by atoms with E-state index in [1.807, 2.05) is 48.5 Å². The smallest absolute Gasteiger partial charge is 0.206 e. The van der Waals surface area contributed by atoms with E-state index in [-0.39, 0.29) is 9.79 Å². The lowest BCUT2D eigenvalue weighted by Crippen LogP contribution is -2.03. The maximum Gasteiger partial charge on any atom is 0.206 e. The van der Waals surface area contributed by atoms with Crippen LogP contribution in [0.1, 0.15) is 5.56 Å². The minimum Gasteiger partial charge on any atom is -0.456 e. The maximum absolute atomic E-state index is 13.7. The molecule has 0 spiro atoms. The van der Waals surface area contributed by atoms with Crippen LogP contribution in [0.2, 0.25) is 0 Å². The van der Waals surface area contributed by atoms with Gasteiger partial charge in [-0.1, -0.05) is 66.7 Å². The van der Waals surface area contributed by atoms with Gasteiger partial charge in [0, 0.05) is 43.7 Å². The minimum absolute atomic E-state index is 0.143. The second kappa shape index (κ2) is 10.4. The molecule has 0 aliphatic rings. The Morgan fingerprint density at radius 3 is 1.84 bits per heavy atom. The second-order valence-corrected chi connectivity index (χ2v) is 14.4. The van der Waals surface area contributed by atoms with Crippen molar-refractivity contribution in [2.24, 2.45) is 0 Å². The molecular formula is C43H25N3O3S. The number of nitriles is 1. The van der Waals surface area contributed by atoms with Gasteiger partial charge in [0.05, 0.1) is 43.5 Å². The van der Waals surface area contributed by atoms with E-state index in [9.17, 15) is 13.7 Å². The highest BCUT2D eigenvalue weighted by atomic mass is 32.2. The molecule has 0 bridgehead atoms. The monoisotopic (exact) mass is 663 g/mol. The Kier molecular flexibility index (Phi) is 5.93. The molecule has 6 nitrogen and oxygen atoms in total. The summed E-state index contributed by atoms with van der Waals surface area (Å²) >= 11 is 0. The molecule has 0 aliphatic heterocycles. The third kappa shape index (κ3) is 3.91. The lowest BCUT2D eigenvalue weighted by molar-refractivity contribution is 0.596. The van der Waals surface area contributed by atoms with Crippen LogP contribution in [0.5, 0.6) is 0 Å². The molecule has 0 unspecified atom stereocenters. The fourth-order valence-corrected chi connectivity index (χ4v) is 8.85. The van der Waals surface area contributed by atoms with Gasteiger partial charge >= 0.3 is 0 Å². The van der Waals surface area contributed by atoms with E-state index in [2.05, 4.69) is 81.9 Å². The Morgan fingerprint density at radius 1 is 0.480 bits per heavy atom. The molecule has 50 heavy (non-hydrogen) atoms. The van der Waals surface area contributed by atoms with Crippen molar-refractivity contribution in [1.82, 2.24) is 9.13 Å². The fourth-order valence-electron chi connectivity index (χ4n) is 7.59. The van der Waals surface area contributed by atoms with E-state index >= 15 is 0 Å². The summed E-state index contributed by atoms with van der Waals surface area (Å²) in [5, 5.41) is 15.7. The Hall–Kier alpha value is -6.62. The van der Waals surface area contributed by atoms with Gasteiger partial charge in [0.15, 0.2) is 0 Å². The normalized spacial score (nSPS) is 12.1. The van der Waals surface area contributed by atoms with Crippen molar-refractivity contribution in [2.75, 3.05) is 0 Å². The number of fused-ring (bicyclic) bond motifs is 11. The molecule has 0 saturated carbocycles. The average molecular weight is 664 g/mol. The second-order valence-electron chi connectivity index (χ2n) is 12.4.